The molecule has 0 aliphatic carbocycles. The van der Waals surface area contributed by atoms with Gasteiger partial charge in [0, 0.05) is 6.04 Å². The summed E-state index contributed by atoms with van der Waals surface area (Å²) in [5.41, 5.74) is -0.121. The van der Waals surface area contributed by atoms with E-state index in [4.69, 9.17) is 11.6 Å². The molecular weight excluding hydrogens is 290 g/mol. The van der Waals surface area contributed by atoms with E-state index in [0.717, 1.165) is 12.6 Å². The van der Waals surface area contributed by atoms with Crippen LogP contribution in [-0.2, 0) is 9.84 Å². The number of amides is 1. The molecule has 1 aromatic heterocycles. The summed E-state index contributed by atoms with van der Waals surface area (Å²) in [6.07, 6.45) is 1.87. The number of nitrogens with zero attached hydrogens (tertiary/aromatic N) is 2. The number of rotatable bonds is 5. The summed E-state index contributed by atoms with van der Waals surface area (Å²) in [7, 11) is -3.57. The lowest BCUT2D eigenvalue weighted by Gasteiger charge is -2.11. The maximum atomic E-state index is 11.9. The molecule has 19 heavy (non-hydrogen) atoms. The van der Waals surface area contributed by atoms with Gasteiger partial charge in [-0.3, -0.25) is 4.79 Å². The van der Waals surface area contributed by atoms with Crippen LogP contribution in [0.3, 0.4) is 0 Å². The Kier molecular flexibility index (Phi) is 5.25. The van der Waals surface area contributed by atoms with Crippen LogP contribution in [0.25, 0.3) is 0 Å². The van der Waals surface area contributed by atoms with Crippen LogP contribution >= 0.6 is 11.6 Å². The predicted molar refractivity (Wildman–Crippen MR) is 72.0 cm³/mol. The fourth-order valence-electron chi connectivity index (χ4n) is 1.18. The molecule has 1 heterocycles. The standard InChI is InChI=1S/C11H16ClN3O3S/c1-4-7(3)14-10(16)9-8(12)6-13-11(15-9)19(17,18)5-2/h6-7H,4-5H2,1-3H3,(H,14,16). The van der Waals surface area contributed by atoms with Crippen molar-refractivity contribution in [2.45, 2.75) is 38.4 Å². The van der Waals surface area contributed by atoms with Gasteiger partial charge >= 0.3 is 0 Å². The monoisotopic (exact) mass is 305 g/mol. The molecule has 6 nitrogen and oxygen atoms in total. The number of hydrogen-bond acceptors (Lipinski definition) is 5. The van der Waals surface area contributed by atoms with Crippen molar-refractivity contribution in [2.75, 3.05) is 5.75 Å². The second kappa shape index (κ2) is 6.29. The minimum atomic E-state index is -3.57. The zero-order chi connectivity index (χ0) is 14.6. The summed E-state index contributed by atoms with van der Waals surface area (Å²) >= 11 is 5.83. The van der Waals surface area contributed by atoms with Crippen molar-refractivity contribution in [3.8, 4) is 0 Å². The number of halogens is 1. The summed E-state index contributed by atoms with van der Waals surface area (Å²) in [6, 6.07) is -0.0511. The third-order valence-electron chi connectivity index (χ3n) is 2.59. The zero-order valence-electron chi connectivity index (χ0n) is 11.0. The van der Waals surface area contributed by atoms with Gasteiger partial charge in [-0.25, -0.2) is 18.4 Å². The molecule has 0 saturated heterocycles. The van der Waals surface area contributed by atoms with Crippen LogP contribution in [0.15, 0.2) is 11.4 Å². The minimum absolute atomic E-state index is 0.0239. The lowest BCUT2D eigenvalue weighted by Crippen LogP contribution is -2.33. The van der Waals surface area contributed by atoms with E-state index < -0.39 is 15.7 Å². The third kappa shape index (κ3) is 3.87. The van der Waals surface area contributed by atoms with Gasteiger partial charge in [-0.15, -0.1) is 0 Å². The molecular formula is C11H16ClN3O3S. The normalized spacial score (nSPS) is 13.1. The van der Waals surface area contributed by atoms with Crippen molar-refractivity contribution in [3.63, 3.8) is 0 Å². The van der Waals surface area contributed by atoms with E-state index in [0.29, 0.717) is 0 Å². The van der Waals surface area contributed by atoms with Crippen molar-refractivity contribution in [3.05, 3.63) is 16.9 Å². The van der Waals surface area contributed by atoms with Gasteiger partial charge in [-0.05, 0) is 13.3 Å². The van der Waals surface area contributed by atoms with E-state index in [1.807, 2.05) is 13.8 Å². The first kappa shape index (κ1) is 15.8. The number of hydrogen-bond donors (Lipinski definition) is 1. The van der Waals surface area contributed by atoms with Crippen LogP contribution in [0.2, 0.25) is 5.02 Å². The highest BCUT2D eigenvalue weighted by atomic mass is 35.5. The molecule has 0 aromatic carbocycles. The Labute approximate surface area is 117 Å². The molecule has 1 unspecified atom stereocenters. The van der Waals surface area contributed by atoms with E-state index in [1.54, 1.807) is 0 Å². The third-order valence-corrected chi connectivity index (χ3v) is 4.37. The van der Waals surface area contributed by atoms with Gasteiger partial charge in [0.1, 0.15) is 0 Å². The van der Waals surface area contributed by atoms with E-state index in [-0.39, 0.29) is 27.7 Å². The first-order valence-electron chi connectivity index (χ1n) is 5.88. The van der Waals surface area contributed by atoms with Gasteiger partial charge in [0.15, 0.2) is 5.69 Å². The molecule has 0 fully saturated rings. The Morgan fingerprint density at radius 3 is 2.63 bits per heavy atom. The van der Waals surface area contributed by atoms with Crippen LogP contribution in [0, 0.1) is 0 Å². The van der Waals surface area contributed by atoms with Crippen LogP contribution in [0.5, 0.6) is 0 Å². The van der Waals surface area contributed by atoms with Crippen molar-refractivity contribution >= 4 is 27.3 Å². The molecule has 1 N–H and O–H groups in total. The first-order valence-corrected chi connectivity index (χ1v) is 7.91. The number of sulfone groups is 1. The molecule has 0 bridgehead atoms. The van der Waals surface area contributed by atoms with Crippen LogP contribution in [0.1, 0.15) is 37.7 Å². The molecule has 0 aliphatic heterocycles. The topological polar surface area (TPSA) is 89.0 Å². The van der Waals surface area contributed by atoms with Crippen LogP contribution in [-0.4, -0.2) is 36.1 Å². The summed E-state index contributed by atoms with van der Waals surface area (Å²) in [5.74, 6) is -0.643. The van der Waals surface area contributed by atoms with Crippen molar-refractivity contribution in [2.24, 2.45) is 0 Å². The molecule has 1 aromatic rings. The van der Waals surface area contributed by atoms with Gasteiger partial charge < -0.3 is 5.32 Å². The number of carbonyl (C=O) groups excluding carboxylic acids is 1. The second-order valence-corrected chi connectivity index (χ2v) is 6.61. The van der Waals surface area contributed by atoms with Crippen molar-refractivity contribution in [1.29, 1.82) is 0 Å². The molecule has 0 saturated carbocycles. The number of aromatic nitrogens is 2. The highest BCUT2D eigenvalue weighted by molar-refractivity contribution is 7.91. The number of nitrogens with one attached hydrogen (secondary N) is 1. The van der Waals surface area contributed by atoms with Crippen LogP contribution in [0.4, 0.5) is 0 Å². The molecule has 1 amide bonds. The van der Waals surface area contributed by atoms with Gasteiger partial charge in [0.25, 0.3) is 5.91 Å². The smallest absolute Gasteiger partial charge is 0.271 e. The fourth-order valence-corrected chi connectivity index (χ4v) is 2.06. The van der Waals surface area contributed by atoms with Crippen LogP contribution < -0.4 is 5.32 Å². The van der Waals surface area contributed by atoms with Gasteiger partial charge in [-0.1, -0.05) is 25.4 Å². The Hall–Kier alpha value is -1.21. The maximum Gasteiger partial charge on any atom is 0.271 e. The molecule has 0 spiro atoms. The SMILES string of the molecule is CCC(C)NC(=O)c1nc(S(=O)(=O)CC)ncc1Cl. The van der Waals surface area contributed by atoms with E-state index >= 15 is 0 Å². The summed E-state index contributed by atoms with van der Waals surface area (Å²) in [6.45, 7) is 5.22. The highest BCUT2D eigenvalue weighted by Crippen LogP contribution is 2.15. The van der Waals surface area contributed by atoms with Crippen molar-refractivity contribution < 1.29 is 13.2 Å². The largest absolute Gasteiger partial charge is 0.348 e. The zero-order valence-corrected chi connectivity index (χ0v) is 12.5. The Morgan fingerprint density at radius 1 is 1.47 bits per heavy atom. The van der Waals surface area contributed by atoms with Gasteiger partial charge in [0.2, 0.25) is 15.0 Å². The Morgan fingerprint density at radius 2 is 2.11 bits per heavy atom. The quantitative estimate of drug-likeness (QED) is 0.832. The molecule has 0 aliphatic rings. The minimum Gasteiger partial charge on any atom is -0.348 e. The average molecular weight is 306 g/mol. The van der Waals surface area contributed by atoms with Gasteiger partial charge in [0.05, 0.1) is 17.0 Å². The first-order chi connectivity index (χ1) is 8.81. The maximum absolute atomic E-state index is 11.9. The lowest BCUT2D eigenvalue weighted by molar-refractivity contribution is 0.0933. The molecule has 1 atom stereocenters. The number of carbonyl (C=O) groups is 1. The lowest BCUT2D eigenvalue weighted by atomic mass is 10.2. The molecule has 106 valence electrons. The Balaban J connectivity index is 3.15. The average Bonchev–Trinajstić information content (AvgIpc) is 2.38. The molecule has 0 radical (unpaired) electrons. The van der Waals surface area contributed by atoms with E-state index in [9.17, 15) is 13.2 Å². The van der Waals surface area contributed by atoms with E-state index in [2.05, 4.69) is 15.3 Å². The van der Waals surface area contributed by atoms with Crippen molar-refractivity contribution in [1.82, 2.24) is 15.3 Å². The fraction of sp³-hybridized carbons (Fsp3) is 0.545. The second-order valence-electron chi connectivity index (χ2n) is 4.04. The summed E-state index contributed by atoms with van der Waals surface area (Å²) in [5, 5.41) is 2.32. The summed E-state index contributed by atoms with van der Waals surface area (Å²) in [4.78, 5) is 19.3. The summed E-state index contributed by atoms with van der Waals surface area (Å²) < 4.78 is 23.3. The highest BCUT2D eigenvalue weighted by Gasteiger charge is 2.21. The molecule has 8 heteroatoms. The Bertz CT molecular complexity index is 575. The molecule has 1 rings (SSSR count). The van der Waals surface area contributed by atoms with E-state index in [1.165, 1.54) is 6.92 Å². The predicted octanol–water partition coefficient (Wildman–Crippen LogP) is 1.45. The van der Waals surface area contributed by atoms with Gasteiger partial charge in [-0.2, -0.15) is 0 Å².